The molecular formula is C16H14ClN5O3. The number of aromatic amines is 1. The number of aliphatic carboxylic acids is 1. The maximum atomic E-state index is 11.6. The van der Waals surface area contributed by atoms with Gasteiger partial charge in [-0.3, -0.25) is 9.69 Å². The van der Waals surface area contributed by atoms with Crippen LogP contribution in [-0.2, 0) is 24.3 Å². The minimum absolute atomic E-state index is 0.229. The second kappa shape index (κ2) is 6.30. The molecule has 2 N–H and O–H groups in total. The van der Waals surface area contributed by atoms with Crippen molar-refractivity contribution in [1.82, 2.24) is 25.0 Å². The summed E-state index contributed by atoms with van der Waals surface area (Å²) < 4.78 is 5.29. The molecule has 0 unspecified atom stereocenters. The molecule has 1 aliphatic heterocycles. The molecule has 0 aliphatic carbocycles. The Labute approximate surface area is 147 Å². The summed E-state index contributed by atoms with van der Waals surface area (Å²) in [5.74, 6) is -0.185. The molecule has 1 atom stereocenters. The molecule has 0 spiro atoms. The van der Waals surface area contributed by atoms with E-state index in [4.69, 9.17) is 16.1 Å². The zero-order valence-corrected chi connectivity index (χ0v) is 13.8. The molecule has 0 radical (unpaired) electrons. The van der Waals surface area contributed by atoms with Gasteiger partial charge in [0.05, 0.1) is 29.3 Å². The van der Waals surface area contributed by atoms with Crippen LogP contribution in [0, 0.1) is 0 Å². The average Bonchev–Trinajstić information content (AvgIpc) is 3.23. The van der Waals surface area contributed by atoms with Crippen molar-refractivity contribution in [2.75, 3.05) is 0 Å². The van der Waals surface area contributed by atoms with E-state index >= 15 is 0 Å². The Morgan fingerprint density at radius 2 is 2.28 bits per heavy atom. The highest BCUT2D eigenvalue weighted by molar-refractivity contribution is 6.33. The lowest BCUT2D eigenvalue weighted by Gasteiger charge is -2.30. The fourth-order valence-electron chi connectivity index (χ4n) is 2.94. The van der Waals surface area contributed by atoms with Crippen molar-refractivity contribution in [1.29, 1.82) is 0 Å². The lowest BCUT2D eigenvalue weighted by atomic mass is 10.0. The summed E-state index contributed by atoms with van der Waals surface area (Å²) >= 11 is 6.15. The third-order valence-corrected chi connectivity index (χ3v) is 4.53. The largest absolute Gasteiger partial charge is 0.480 e. The van der Waals surface area contributed by atoms with E-state index in [1.807, 2.05) is 12.1 Å². The van der Waals surface area contributed by atoms with E-state index < -0.39 is 12.0 Å². The molecule has 3 aromatic rings. The summed E-state index contributed by atoms with van der Waals surface area (Å²) in [7, 11) is 0. The number of hydrogen-bond acceptors (Lipinski definition) is 6. The van der Waals surface area contributed by atoms with Gasteiger partial charge in [0.15, 0.2) is 0 Å². The van der Waals surface area contributed by atoms with Crippen molar-refractivity contribution in [3.8, 4) is 11.4 Å². The topological polar surface area (TPSA) is 108 Å². The first-order chi connectivity index (χ1) is 12.1. The summed E-state index contributed by atoms with van der Waals surface area (Å²) in [6.45, 7) is 0.656. The van der Waals surface area contributed by atoms with Crippen molar-refractivity contribution < 1.29 is 14.4 Å². The molecule has 0 fully saturated rings. The lowest BCUT2D eigenvalue weighted by molar-refractivity contribution is -0.144. The van der Waals surface area contributed by atoms with Gasteiger partial charge in [0, 0.05) is 18.5 Å². The molecule has 3 heterocycles. The van der Waals surface area contributed by atoms with Crippen molar-refractivity contribution in [2.45, 2.75) is 25.6 Å². The second-order valence-electron chi connectivity index (χ2n) is 5.78. The Balaban J connectivity index is 1.57. The molecule has 1 aliphatic rings. The van der Waals surface area contributed by atoms with E-state index in [9.17, 15) is 9.90 Å². The SMILES string of the molecule is O=C(O)[C@@H]1Cc2nc[nH]c2CN1Cc1nc(-c2ccccc2Cl)no1. The van der Waals surface area contributed by atoms with Crippen LogP contribution in [0.5, 0.6) is 0 Å². The number of benzene rings is 1. The Morgan fingerprint density at radius 1 is 1.44 bits per heavy atom. The van der Waals surface area contributed by atoms with Crippen molar-refractivity contribution >= 4 is 17.6 Å². The highest BCUT2D eigenvalue weighted by Gasteiger charge is 2.34. The molecule has 9 heteroatoms. The van der Waals surface area contributed by atoms with Crippen molar-refractivity contribution in [2.24, 2.45) is 0 Å². The number of carboxylic acid groups (broad SMARTS) is 1. The number of imidazole rings is 1. The van der Waals surface area contributed by atoms with Gasteiger partial charge in [-0.25, -0.2) is 4.98 Å². The molecule has 0 saturated carbocycles. The third kappa shape index (κ3) is 3.01. The smallest absolute Gasteiger partial charge is 0.321 e. The number of nitrogens with one attached hydrogen (secondary N) is 1. The van der Waals surface area contributed by atoms with Crippen LogP contribution in [0.4, 0.5) is 0 Å². The number of fused-ring (bicyclic) bond motifs is 1. The molecule has 0 saturated heterocycles. The number of nitrogens with zero attached hydrogens (tertiary/aromatic N) is 4. The van der Waals surface area contributed by atoms with Crippen LogP contribution in [0.3, 0.4) is 0 Å². The number of carboxylic acids is 1. The Morgan fingerprint density at radius 3 is 3.08 bits per heavy atom. The van der Waals surface area contributed by atoms with Gasteiger partial charge in [0.25, 0.3) is 0 Å². The van der Waals surface area contributed by atoms with Crippen LogP contribution in [-0.4, -0.2) is 42.1 Å². The molecule has 0 amide bonds. The highest BCUT2D eigenvalue weighted by atomic mass is 35.5. The van der Waals surface area contributed by atoms with Crippen LogP contribution < -0.4 is 0 Å². The van der Waals surface area contributed by atoms with Gasteiger partial charge in [-0.1, -0.05) is 28.9 Å². The number of aromatic nitrogens is 4. The minimum Gasteiger partial charge on any atom is -0.480 e. The minimum atomic E-state index is -0.903. The van der Waals surface area contributed by atoms with E-state index in [1.165, 1.54) is 0 Å². The lowest BCUT2D eigenvalue weighted by Crippen LogP contribution is -2.45. The number of halogens is 1. The molecule has 4 rings (SSSR count). The van der Waals surface area contributed by atoms with E-state index in [1.54, 1.807) is 23.4 Å². The van der Waals surface area contributed by atoms with Gasteiger partial charge in [-0.2, -0.15) is 4.98 Å². The zero-order chi connectivity index (χ0) is 17.4. The van der Waals surface area contributed by atoms with E-state index in [-0.39, 0.29) is 6.54 Å². The van der Waals surface area contributed by atoms with Gasteiger partial charge in [0.1, 0.15) is 6.04 Å². The zero-order valence-electron chi connectivity index (χ0n) is 13.0. The fraction of sp³-hybridized carbons (Fsp3) is 0.250. The van der Waals surface area contributed by atoms with Crippen LogP contribution in [0.15, 0.2) is 35.1 Å². The first-order valence-corrected chi connectivity index (χ1v) is 8.05. The van der Waals surface area contributed by atoms with E-state index in [0.717, 1.165) is 11.4 Å². The summed E-state index contributed by atoms with van der Waals surface area (Å²) in [5, 5.41) is 14.0. The van der Waals surface area contributed by atoms with Gasteiger partial charge >= 0.3 is 5.97 Å². The second-order valence-corrected chi connectivity index (χ2v) is 6.19. The maximum absolute atomic E-state index is 11.6. The Hall–Kier alpha value is -2.71. The van der Waals surface area contributed by atoms with Crippen molar-refractivity contribution in [3.05, 3.63) is 52.9 Å². The van der Waals surface area contributed by atoms with E-state index in [0.29, 0.717) is 35.3 Å². The highest BCUT2D eigenvalue weighted by Crippen LogP contribution is 2.26. The Kier molecular flexibility index (Phi) is 3.98. The van der Waals surface area contributed by atoms with E-state index in [2.05, 4.69) is 20.1 Å². The quantitative estimate of drug-likeness (QED) is 0.734. The standard InChI is InChI=1S/C16H14ClN5O3/c17-10-4-2-1-3-9(10)15-20-14(25-21-15)7-22-6-12-11(18-8-19-12)5-13(22)16(23)24/h1-4,8,13H,5-7H2,(H,18,19)(H,23,24)/t13-/m0/s1. The summed E-state index contributed by atoms with van der Waals surface area (Å²) in [4.78, 5) is 24.9. The first kappa shape index (κ1) is 15.8. The van der Waals surface area contributed by atoms with Crippen LogP contribution in [0.2, 0.25) is 5.02 Å². The number of rotatable bonds is 4. The number of carbonyl (C=O) groups is 1. The number of H-pyrrole nitrogens is 1. The molecular weight excluding hydrogens is 346 g/mol. The van der Waals surface area contributed by atoms with Crippen LogP contribution >= 0.6 is 11.6 Å². The normalized spacial score (nSPS) is 17.4. The third-order valence-electron chi connectivity index (χ3n) is 4.20. The molecule has 2 aromatic heterocycles. The molecule has 1 aromatic carbocycles. The number of hydrogen-bond donors (Lipinski definition) is 2. The predicted octanol–water partition coefficient (Wildman–Crippen LogP) is 2.12. The van der Waals surface area contributed by atoms with Gasteiger partial charge < -0.3 is 14.6 Å². The molecule has 0 bridgehead atoms. The molecule has 25 heavy (non-hydrogen) atoms. The molecule has 8 nitrogen and oxygen atoms in total. The Bertz CT molecular complexity index is 922. The maximum Gasteiger partial charge on any atom is 0.321 e. The van der Waals surface area contributed by atoms with Gasteiger partial charge in [-0.15, -0.1) is 0 Å². The monoisotopic (exact) mass is 359 g/mol. The summed E-state index contributed by atoms with van der Waals surface area (Å²) in [6, 6.07) is 6.51. The first-order valence-electron chi connectivity index (χ1n) is 7.67. The molecule has 128 valence electrons. The summed E-state index contributed by atoms with van der Waals surface area (Å²) in [5.41, 5.74) is 2.36. The summed E-state index contributed by atoms with van der Waals surface area (Å²) in [6.07, 6.45) is 1.91. The van der Waals surface area contributed by atoms with Crippen molar-refractivity contribution in [3.63, 3.8) is 0 Å². The predicted molar refractivity (Wildman–Crippen MR) is 87.7 cm³/mol. The van der Waals surface area contributed by atoms with Crippen LogP contribution in [0.25, 0.3) is 11.4 Å². The fourth-order valence-corrected chi connectivity index (χ4v) is 3.16. The van der Waals surface area contributed by atoms with Gasteiger partial charge in [0.2, 0.25) is 11.7 Å². The van der Waals surface area contributed by atoms with Crippen LogP contribution in [0.1, 0.15) is 17.3 Å². The van der Waals surface area contributed by atoms with Gasteiger partial charge in [-0.05, 0) is 12.1 Å². The average molecular weight is 360 g/mol.